The Balaban J connectivity index is 1.75. The highest BCUT2D eigenvalue weighted by molar-refractivity contribution is 5.81. The quantitative estimate of drug-likeness (QED) is 0.775. The van der Waals surface area contributed by atoms with Crippen LogP contribution in [0.5, 0.6) is 5.75 Å². The van der Waals surface area contributed by atoms with Crippen molar-refractivity contribution >= 4 is 10.9 Å². The third-order valence-electron chi connectivity index (χ3n) is 3.45. The largest absolute Gasteiger partial charge is 0.489 e. The third kappa shape index (κ3) is 3.26. The predicted molar refractivity (Wildman–Crippen MR) is 84.4 cm³/mol. The summed E-state index contributed by atoms with van der Waals surface area (Å²) in [5, 5.41) is 10.6. The lowest BCUT2D eigenvalue weighted by Gasteiger charge is -2.09. The summed E-state index contributed by atoms with van der Waals surface area (Å²) in [6, 6.07) is 18.2. The van der Waals surface area contributed by atoms with Gasteiger partial charge in [-0.3, -0.25) is 0 Å². The Labute approximate surface area is 124 Å². The number of fused-ring (bicyclic) bond motifs is 1. The van der Waals surface area contributed by atoms with Gasteiger partial charge in [0.15, 0.2) is 0 Å². The maximum absolute atomic E-state index is 9.50. The molecule has 0 aliphatic heterocycles. The van der Waals surface area contributed by atoms with Crippen molar-refractivity contribution in [1.82, 2.24) is 4.57 Å². The van der Waals surface area contributed by atoms with E-state index < -0.39 is 0 Å². The van der Waals surface area contributed by atoms with Gasteiger partial charge in [0.1, 0.15) is 12.4 Å². The Morgan fingerprint density at radius 3 is 2.67 bits per heavy atom. The molecule has 0 aliphatic carbocycles. The van der Waals surface area contributed by atoms with Gasteiger partial charge in [-0.15, -0.1) is 0 Å². The van der Waals surface area contributed by atoms with Crippen molar-refractivity contribution in [3.8, 4) is 5.75 Å². The molecule has 1 aromatic heterocycles. The van der Waals surface area contributed by atoms with E-state index in [2.05, 4.69) is 16.7 Å². The molecular weight excluding hydrogens is 262 g/mol. The second kappa shape index (κ2) is 6.02. The minimum Gasteiger partial charge on any atom is -0.489 e. The van der Waals surface area contributed by atoms with Gasteiger partial charge in [-0.2, -0.15) is 0 Å². The molecule has 0 radical (unpaired) electrons. The van der Waals surface area contributed by atoms with E-state index in [0.717, 1.165) is 22.2 Å². The minimum atomic E-state index is -0.352. The predicted octanol–water partition coefficient (Wildman–Crippen LogP) is 3.60. The van der Waals surface area contributed by atoms with Crippen LogP contribution in [0, 0.1) is 0 Å². The number of aliphatic hydroxyl groups is 1. The second-order valence-corrected chi connectivity index (χ2v) is 5.31. The molecule has 0 bridgehead atoms. The first-order chi connectivity index (χ1) is 10.2. The Hall–Kier alpha value is -2.26. The average Bonchev–Trinajstić information content (AvgIpc) is 2.88. The highest BCUT2D eigenvalue weighted by atomic mass is 16.5. The zero-order chi connectivity index (χ0) is 14.7. The zero-order valence-electron chi connectivity index (χ0n) is 12.1. The van der Waals surface area contributed by atoms with Gasteiger partial charge >= 0.3 is 0 Å². The van der Waals surface area contributed by atoms with Crippen LogP contribution >= 0.6 is 0 Å². The summed E-state index contributed by atoms with van der Waals surface area (Å²) >= 11 is 0. The normalized spacial score (nSPS) is 12.5. The number of benzene rings is 2. The number of aromatic nitrogens is 1. The van der Waals surface area contributed by atoms with E-state index in [1.165, 1.54) is 0 Å². The molecule has 1 N–H and O–H groups in total. The molecule has 0 saturated heterocycles. The molecule has 3 aromatic rings. The van der Waals surface area contributed by atoms with Crippen molar-refractivity contribution in [2.75, 3.05) is 0 Å². The number of nitrogens with zero attached hydrogens (tertiary/aromatic N) is 1. The van der Waals surface area contributed by atoms with Gasteiger partial charge in [0.25, 0.3) is 0 Å². The van der Waals surface area contributed by atoms with Gasteiger partial charge < -0.3 is 14.4 Å². The Kier molecular flexibility index (Phi) is 3.93. The molecule has 0 saturated carbocycles. The van der Waals surface area contributed by atoms with Crippen LogP contribution in [0.15, 0.2) is 60.8 Å². The fourth-order valence-corrected chi connectivity index (χ4v) is 2.45. The van der Waals surface area contributed by atoms with Gasteiger partial charge in [0, 0.05) is 23.6 Å². The summed E-state index contributed by atoms with van der Waals surface area (Å²) in [5.74, 6) is 0.862. The Bertz CT molecular complexity index is 716. The first kappa shape index (κ1) is 13.7. The van der Waals surface area contributed by atoms with Crippen molar-refractivity contribution < 1.29 is 9.84 Å². The topological polar surface area (TPSA) is 34.4 Å². The van der Waals surface area contributed by atoms with Gasteiger partial charge in [0.05, 0.1) is 6.10 Å². The monoisotopic (exact) mass is 281 g/mol. The smallest absolute Gasteiger partial charge is 0.120 e. The molecule has 0 aliphatic rings. The van der Waals surface area contributed by atoms with E-state index in [0.29, 0.717) is 13.2 Å². The second-order valence-electron chi connectivity index (χ2n) is 5.31. The van der Waals surface area contributed by atoms with Crippen LogP contribution in [-0.4, -0.2) is 15.8 Å². The minimum absolute atomic E-state index is 0.352. The van der Waals surface area contributed by atoms with Crippen LogP contribution in [0.3, 0.4) is 0 Å². The summed E-state index contributed by atoms with van der Waals surface area (Å²) in [5.41, 5.74) is 2.27. The van der Waals surface area contributed by atoms with Crippen molar-refractivity contribution in [3.63, 3.8) is 0 Å². The standard InChI is InChI=1S/C18H19NO2/c1-14(20)12-19-10-9-16-11-17(7-8-18(16)19)21-13-15-5-3-2-4-6-15/h2-11,14,20H,12-13H2,1H3. The maximum Gasteiger partial charge on any atom is 0.120 e. The van der Waals surface area contributed by atoms with Crippen LogP contribution in [0.2, 0.25) is 0 Å². The summed E-state index contributed by atoms with van der Waals surface area (Å²) in [7, 11) is 0. The molecule has 1 heterocycles. The van der Waals surface area contributed by atoms with Gasteiger partial charge in [0.2, 0.25) is 0 Å². The average molecular weight is 281 g/mol. The molecule has 0 spiro atoms. The lowest BCUT2D eigenvalue weighted by Crippen LogP contribution is -2.10. The lowest BCUT2D eigenvalue weighted by atomic mass is 10.2. The van der Waals surface area contributed by atoms with Crippen LogP contribution in [0.4, 0.5) is 0 Å². The van der Waals surface area contributed by atoms with Gasteiger partial charge in [-0.25, -0.2) is 0 Å². The van der Waals surface area contributed by atoms with Gasteiger partial charge in [-0.05, 0) is 36.8 Å². The molecule has 0 amide bonds. The van der Waals surface area contributed by atoms with E-state index in [1.54, 1.807) is 6.92 Å². The fraction of sp³-hybridized carbons (Fsp3) is 0.222. The number of hydrogen-bond acceptors (Lipinski definition) is 2. The van der Waals surface area contributed by atoms with E-state index >= 15 is 0 Å². The molecular formula is C18H19NO2. The fourth-order valence-electron chi connectivity index (χ4n) is 2.45. The number of aliphatic hydroxyl groups excluding tert-OH is 1. The maximum atomic E-state index is 9.50. The van der Waals surface area contributed by atoms with Gasteiger partial charge in [-0.1, -0.05) is 30.3 Å². The van der Waals surface area contributed by atoms with Crippen LogP contribution in [0.1, 0.15) is 12.5 Å². The summed E-state index contributed by atoms with van der Waals surface area (Å²) in [4.78, 5) is 0. The Morgan fingerprint density at radius 1 is 1.10 bits per heavy atom. The van der Waals surface area contributed by atoms with Crippen LogP contribution in [0.25, 0.3) is 10.9 Å². The summed E-state index contributed by atoms with van der Waals surface area (Å²) in [6.07, 6.45) is 1.65. The molecule has 108 valence electrons. The summed E-state index contributed by atoms with van der Waals surface area (Å²) in [6.45, 7) is 2.97. The SMILES string of the molecule is CC(O)Cn1ccc2cc(OCc3ccccc3)ccc21. The summed E-state index contributed by atoms with van der Waals surface area (Å²) < 4.78 is 7.89. The van der Waals surface area contributed by atoms with E-state index in [1.807, 2.05) is 48.7 Å². The molecule has 3 heteroatoms. The van der Waals surface area contributed by atoms with E-state index in [9.17, 15) is 5.11 Å². The molecule has 3 nitrogen and oxygen atoms in total. The van der Waals surface area contributed by atoms with E-state index in [4.69, 9.17) is 4.74 Å². The molecule has 2 aromatic carbocycles. The van der Waals surface area contributed by atoms with Crippen LogP contribution < -0.4 is 4.74 Å². The Morgan fingerprint density at radius 2 is 1.90 bits per heavy atom. The number of ether oxygens (including phenoxy) is 1. The zero-order valence-corrected chi connectivity index (χ0v) is 12.1. The molecule has 0 fully saturated rings. The lowest BCUT2D eigenvalue weighted by molar-refractivity contribution is 0.175. The van der Waals surface area contributed by atoms with Crippen LogP contribution in [-0.2, 0) is 13.2 Å². The highest BCUT2D eigenvalue weighted by Crippen LogP contribution is 2.23. The highest BCUT2D eigenvalue weighted by Gasteiger charge is 2.05. The van der Waals surface area contributed by atoms with Crippen molar-refractivity contribution in [1.29, 1.82) is 0 Å². The van der Waals surface area contributed by atoms with Crippen molar-refractivity contribution in [2.45, 2.75) is 26.2 Å². The third-order valence-corrected chi connectivity index (χ3v) is 3.45. The van der Waals surface area contributed by atoms with E-state index in [-0.39, 0.29) is 6.10 Å². The first-order valence-corrected chi connectivity index (χ1v) is 7.16. The molecule has 1 unspecified atom stereocenters. The number of hydrogen-bond donors (Lipinski definition) is 1. The first-order valence-electron chi connectivity index (χ1n) is 7.16. The van der Waals surface area contributed by atoms with Crippen molar-refractivity contribution in [2.24, 2.45) is 0 Å². The molecule has 1 atom stereocenters. The molecule has 21 heavy (non-hydrogen) atoms. The van der Waals surface area contributed by atoms with Crippen molar-refractivity contribution in [3.05, 3.63) is 66.4 Å². The molecule has 3 rings (SSSR count). The number of rotatable bonds is 5.